The Labute approximate surface area is 148 Å². The molecule has 0 bridgehead atoms. The zero-order chi connectivity index (χ0) is 17.3. The highest BCUT2D eigenvalue weighted by Crippen LogP contribution is 2.28. The summed E-state index contributed by atoms with van der Waals surface area (Å²) < 4.78 is 1.57. The van der Waals surface area contributed by atoms with Gasteiger partial charge in [0.1, 0.15) is 5.01 Å². The van der Waals surface area contributed by atoms with E-state index < -0.39 is 0 Å². The molecule has 2 aromatic heterocycles. The summed E-state index contributed by atoms with van der Waals surface area (Å²) in [5, 5.41) is 17.0. The molecule has 3 rings (SSSR count). The van der Waals surface area contributed by atoms with Crippen molar-refractivity contribution in [2.45, 2.75) is 26.2 Å². The van der Waals surface area contributed by atoms with Crippen molar-refractivity contribution >= 4 is 34.0 Å². The molecule has 0 saturated heterocycles. The van der Waals surface area contributed by atoms with E-state index in [4.69, 9.17) is 11.6 Å². The average Bonchev–Trinajstić information content (AvgIpc) is 3.16. The van der Waals surface area contributed by atoms with Crippen molar-refractivity contribution in [1.29, 1.82) is 0 Å². The minimum Gasteiger partial charge on any atom is -0.296 e. The van der Waals surface area contributed by atoms with Crippen LogP contribution in [0.25, 0.3) is 5.69 Å². The summed E-state index contributed by atoms with van der Waals surface area (Å²) in [6.07, 6.45) is 3.12. The second-order valence-electron chi connectivity index (χ2n) is 6.24. The van der Waals surface area contributed by atoms with Gasteiger partial charge in [0.15, 0.2) is 0 Å². The van der Waals surface area contributed by atoms with Crippen molar-refractivity contribution in [3.63, 3.8) is 0 Å². The fourth-order valence-electron chi connectivity index (χ4n) is 1.96. The van der Waals surface area contributed by atoms with Gasteiger partial charge < -0.3 is 0 Å². The molecule has 0 aliphatic carbocycles. The van der Waals surface area contributed by atoms with Crippen LogP contribution in [-0.4, -0.2) is 25.9 Å². The number of nitrogens with one attached hydrogen (secondary N) is 1. The summed E-state index contributed by atoms with van der Waals surface area (Å²) in [6, 6.07) is 7.30. The normalized spacial score (nSPS) is 11.5. The average molecular weight is 362 g/mol. The van der Waals surface area contributed by atoms with E-state index >= 15 is 0 Å². The Balaban J connectivity index is 1.77. The van der Waals surface area contributed by atoms with Crippen molar-refractivity contribution < 1.29 is 4.79 Å². The van der Waals surface area contributed by atoms with Crippen LogP contribution in [0.5, 0.6) is 0 Å². The van der Waals surface area contributed by atoms with Crippen molar-refractivity contribution in [2.24, 2.45) is 0 Å². The van der Waals surface area contributed by atoms with Crippen molar-refractivity contribution in [3.8, 4) is 5.69 Å². The third kappa shape index (κ3) is 3.47. The molecule has 0 unspecified atom stereocenters. The van der Waals surface area contributed by atoms with E-state index in [9.17, 15) is 4.79 Å². The van der Waals surface area contributed by atoms with Crippen LogP contribution in [0.1, 0.15) is 36.1 Å². The SMILES string of the molecule is CC(C)(C)c1nnc(NC(=O)c2cnn(-c3ccccc3Cl)c2)s1. The van der Waals surface area contributed by atoms with E-state index in [0.717, 1.165) is 5.01 Å². The molecule has 8 heteroatoms. The fourth-order valence-corrected chi connectivity index (χ4v) is 2.97. The van der Waals surface area contributed by atoms with Crippen LogP contribution >= 0.6 is 22.9 Å². The molecule has 1 amide bonds. The van der Waals surface area contributed by atoms with Gasteiger partial charge in [0.05, 0.1) is 22.5 Å². The van der Waals surface area contributed by atoms with Gasteiger partial charge in [0.25, 0.3) is 5.91 Å². The lowest BCUT2D eigenvalue weighted by atomic mass is 9.98. The predicted octanol–water partition coefficient (Wildman–Crippen LogP) is 3.93. The molecule has 0 spiro atoms. The lowest BCUT2D eigenvalue weighted by molar-refractivity contribution is 0.102. The maximum Gasteiger partial charge on any atom is 0.260 e. The molecule has 124 valence electrons. The van der Waals surface area contributed by atoms with Crippen molar-refractivity contribution in [1.82, 2.24) is 20.0 Å². The van der Waals surface area contributed by atoms with Crippen LogP contribution < -0.4 is 5.32 Å². The van der Waals surface area contributed by atoms with Gasteiger partial charge in [-0.3, -0.25) is 10.1 Å². The molecular formula is C16H16ClN5OS. The first kappa shape index (κ1) is 16.6. The van der Waals surface area contributed by atoms with Crippen LogP contribution in [0.15, 0.2) is 36.7 Å². The molecule has 3 aromatic rings. The Morgan fingerprint density at radius 1 is 1.25 bits per heavy atom. The van der Waals surface area contributed by atoms with E-state index in [2.05, 4.69) is 20.6 Å². The molecule has 0 fully saturated rings. The molecule has 2 heterocycles. The van der Waals surface area contributed by atoms with Gasteiger partial charge in [-0.2, -0.15) is 5.10 Å². The number of para-hydroxylation sites is 1. The number of nitrogens with zero attached hydrogens (tertiary/aromatic N) is 4. The van der Waals surface area contributed by atoms with Crippen LogP contribution in [0.2, 0.25) is 5.02 Å². The maximum absolute atomic E-state index is 12.3. The maximum atomic E-state index is 12.3. The van der Waals surface area contributed by atoms with Gasteiger partial charge >= 0.3 is 0 Å². The number of halogens is 1. The molecule has 0 atom stereocenters. The highest BCUT2D eigenvalue weighted by molar-refractivity contribution is 7.15. The standard InChI is InChI=1S/C16H16ClN5OS/c1-16(2,3)14-20-21-15(24-14)19-13(23)10-8-18-22(9-10)12-7-5-4-6-11(12)17/h4-9H,1-3H3,(H,19,21,23). The molecule has 1 aromatic carbocycles. The molecular weight excluding hydrogens is 346 g/mol. The highest BCUT2D eigenvalue weighted by Gasteiger charge is 2.20. The van der Waals surface area contributed by atoms with Gasteiger partial charge in [-0.15, -0.1) is 10.2 Å². The number of benzene rings is 1. The summed E-state index contributed by atoms with van der Waals surface area (Å²) in [5.74, 6) is -0.287. The second-order valence-corrected chi connectivity index (χ2v) is 7.63. The minimum absolute atomic E-state index is 0.102. The number of carbonyl (C=O) groups is 1. The molecule has 6 nitrogen and oxygen atoms in total. The van der Waals surface area contributed by atoms with E-state index in [-0.39, 0.29) is 11.3 Å². The molecule has 0 aliphatic rings. The number of amides is 1. The zero-order valence-corrected chi connectivity index (χ0v) is 15.0. The third-order valence-electron chi connectivity index (χ3n) is 3.23. The Morgan fingerprint density at radius 3 is 2.67 bits per heavy atom. The van der Waals surface area contributed by atoms with Crippen LogP contribution in [0.3, 0.4) is 0 Å². The van der Waals surface area contributed by atoms with Gasteiger partial charge in [-0.1, -0.05) is 55.8 Å². The summed E-state index contributed by atoms with van der Waals surface area (Å²) in [4.78, 5) is 12.3. The van der Waals surface area contributed by atoms with E-state index in [0.29, 0.717) is 21.4 Å². The first-order chi connectivity index (χ1) is 11.3. The molecule has 0 aliphatic heterocycles. The van der Waals surface area contributed by atoms with E-state index in [1.54, 1.807) is 16.9 Å². The summed E-state index contributed by atoms with van der Waals surface area (Å²) in [5.41, 5.74) is 1.03. The summed E-state index contributed by atoms with van der Waals surface area (Å²) >= 11 is 7.51. The third-order valence-corrected chi connectivity index (χ3v) is 4.82. The number of anilines is 1. The van der Waals surface area contributed by atoms with Gasteiger partial charge in [-0.25, -0.2) is 4.68 Å². The van der Waals surface area contributed by atoms with Crippen LogP contribution in [0, 0.1) is 0 Å². The predicted molar refractivity (Wildman–Crippen MR) is 95.1 cm³/mol. The smallest absolute Gasteiger partial charge is 0.260 e. The number of aromatic nitrogens is 4. The first-order valence-electron chi connectivity index (χ1n) is 7.29. The number of carbonyl (C=O) groups excluding carboxylic acids is 1. The zero-order valence-electron chi connectivity index (χ0n) is 13.4. The van der Waals surface area contributed by atoms with E-state index in [1.807, 2.05) is 39.0 Å². The van der Waals surface area contributed by atoms with Crippen molar-refractivity contribution in [3.05, 3.63) is 52.3 Å². The largest absolute Gasteiger partial charge is 0.296 e. The Bertz CT molecular complexity index is 880. The highest BCUT2D eigenvalue weighted by atomic mass is 35.5. The molecule has 24 heavy (non-hydrogen) atoms. The quantitative estimate of drug-likeness (QED) is 0.767. The monoisotopic (exact) mass is 361 g/mol. The Kier molecular flexibility index (Phi) is 4.38. The van der Waals surface area contributed by atoms with Gasteiger partial charge in [-0.05, 0) is 12.1 Å². The Hall–Kier alpha value is -2.25. The minimum atomic E-state index is -0.287. The summed E-state index contributed by atoms with van der Waals surface area (Å²) in [7, 11) is 0. The second kappa shape index (κ2) is 6.33. The van der Waals surface area contributed by atoms with Crippen LogP contribution in [0.4, 0.5) is 5.13 Å². The van der Waals surface area contributed by atoms with Crippen molar-refractivity contribution in [2.75, 3.05) is 5.32 Å². The van der Waals surface area contributed by atoms with Gasteiger partial charge in [0, 0.05) is 11.6 Å². The fraction of sp³-hybridized carbons (Fsp3) is 0.250. The number of rotatable bonds is 3. The van der Waals surface area contributed by atoms with Gasteiger partial charge in [0.2, 0.25) is 5.13 Å². The molecule has 1 N–H and O–H groups in total. The van der Waals surface area contributed by atoms with Crippen LogP contribution in [-0.2, 0) is 5.41 Å². The lowest BCUT2D eigenvalue weighted by Crippen LogP contribution is -2.11. The summed E-state index contributed by atoms with van der Waals surface area (Å²) in [6.45, 7) is 6.15. The lowest BCUT2D eigenvalue weighted by Gasteiger charge is -2.12. The number of hydrogen-bond donors (Lipinski definition) is 1. The molecule has 0 radical (unpaired) electrons. The molecule has 0 saturated carbocycles. The van der Waals surface area contributed by atoms with E-state index in [1.165, 1.54) is 17.5 Å². The Morgan fingerprint density at radius 2 is 2.00 bits per heavy atom. The topological polar surface area (TPSA) is 72.7 Å². The number of hydrogen-bond acceptors (Lipinski definition) is 5. The first-order valence-corrected chi connectivity index (χ1v) is 8.49.